The van der Waals surface area contributed by atoms with Gasteiger partial charge in [-0.15, -0.1) is 0 Å². The maximum atomic E-state index is 10.00. The maximum absolute atomic E-state index is 10.00. The van der Waals surface area contributed by atoms with Crippen molar-refractivity contribution in [3.05, 3.63) is 23.4 Å². The minimum atomic E-state index is -0.100. The first kappa shape index (κ1) is 16.5. The van der Waals surface area contributed by atoms with Crippen molar-refractivity contribution in [3.8, 4) is 11.5 Å². The number of likely N-dealkylation sites (tertiary alicyclic amines) is 1. The SMILES string of the molecule is CCN1CCC[C@H](Nc2c3c(nc4cc(O)c(O)cc24)CCC3)CC1. The molecule has 0 unspecified atom stereocenters. The molecule has 3 N–H and O–H groups in total. The highest BCUT2D eigenvalue weighted by Gasteiger charge is 2.23. The van der Waals surface area contributed by atoms with Gasteiger partial charge in [0.15, 0.2) is 11.5 Å². The molecule has 4 rings (SSSR count). The molecule has 25 heavy (non-hydrogen) atoms. The molecule has 1 aromatic carbocycles. The van der Waals surface area contributed by atoms with Gasteiger partial charge in [0.05, 0.1) is 5.52 Å². The molecular weight excluding hydrogens is 314 g/mol. The van der Waals surface area contributed by atoms with Crippen LogP contribution in [0, 0.1) is 0 Å². The largest absolute Gasteiger partial charge is 0.504 e. The Morgan fingerprint density at radius 1 is 1.12 bits per heavy atom. The van der Waals surface area contributed by atoms with Crippen molar-refractivity contribution in [2.45, 2.75) is 51.5 Å². The second-order valence-electron chi connectivity index (χ2n) is 7.33. The van der Waals surface area contributed by atoms with Gasteiger partial charge in [-0.1, -0.05) is 6.92 Å². The number of hydrogen-bond acceptors (Lipinski definition) is 5. The normalized spacial score (nSPS) is 21.2. The molecule has 134 valence electrons. The molecule has 5 nitrogen and oxygen atoms in total. The topological polar surface area (TPSA) is 68.6 Å². The molecular formula is C20H27N3O2. The van der Waals surface area contributed by atoms with Gasteiger partial charge >= 0.3 is 0 Å². The minimum absolute atomic E-state index is 0.0756. The summed E-state index contributed by atoms with van der Waals surface area (Å²) >= 11 is 0. The third-order valence-electron chi connectivity index (χ3n) is 5.72. The molecule has 2 aliphatic rings. The highest BCUT2D eigenvalue weighted by atomic mass is 16.3. The van der Waals surface area contributed by atoms with Crippen LogP contribution in [0.15, 0.2) is 12.1 Å². The molecule has 1 aliphatic carbocycles. The van der Waals surface area contributed by atoms with E-state index in [4.69, 9.17) is 4.98 Å². The van der Waals surface area contributed by atoms with Crippen LogP contribution in [0.2, 0.25) is 0 Å². The van der Waals surface area contributed by atoms with Crippen LogP contribution in [-0.2, 0) is 12.8 Å². The number of aromatic nitrogens is 1. The van der Waals surface area contributed by atoms with E-state index >= 15 is 0 Å². The number of nitrogens with one attached hydrogen (secondary N) is 1. The van der Waals surface area contributed by atoms with Crippen LogP contribution in [0.25, 0.3) is 10.9 Å². The fourth-order valence-electron chi connectivity index (χ4n) is 4.27. The summed E-state index contributed by atoms with van der Waals surface area (Å²) in [5, 5.41) is 24.6. The molecule has 2 aromatic rings. The fraction of sp³-hybridized carbons (Fsp3) is 0.550. The summed E-state index contributed by atoms with van der Waals surface area (Å²) < 4.78 is 0. The summed E-state index contributed by atoms with van der Waals surface area (Å²) in [7, 11) is 0. The Kier molecular flexibility index (Phi) is 4.42. The molecule has 0 amide bonds. The second kappa shape index (κ2) is 6.71. The van der Waals surface area contributed by atoms with E-state index < -0.39 is 0 Å². The summed E-state index contributed by atoms with van der Waals surface area (Å²) in [5.74, 6) is -0.176. The van der Waals surface area contributed by atoms with Gasteiger partial charge in [0.25, 0.3) is 0 Å². The van der Waals surface area contributed by atoms with Crippen LogP contribution in [0.4, 0.5) is 5.69 Å². The zero-order valence-electron chi connectivity index (χ0n) is 14.9. The lowest BCUT2D eigenvalue weighted by atomic mass is 10.0. The first-order valence-electron chi connectivity index (χ1n) is 9.52. The zero-order chi connectivity index (χ0) is 17.4. The molecule has 0 bridgehead atoms. The Bertz CT molecular complexity index is 790. The summed E-state index contributed by atoms with van der Waals surface area (Å²) in [4.78, 5) is 7.25. The molecule has 0 spiro atoms. The van der Waals surface area contributed by atoms with Crippen molar-refractivity contribution in [3.63, 3.8) is 0 Å². The van der Waals surface area contributed by atoms with Crippen molar-refractivity contribution in [2.24, 2.45) is 0 Å². The molecule has 1 aliphatic heterocycles. The number of benzene rings is 1. The van der Waals surface area contributed by atoms with E-state index in [1.165, 1.54) is 24.9 Å². The van der Waals surface area contributed by atoms with E-state index in [9.17, 15) is 10.2 Å². The predicted octanol–water partition coefficient (Wildman–Crippen LogP) is 3.42. The number of rotatable bonds is 3. The van der Waals surface area contributed by atoms with E-state index in [1.54, 1.807) is 12.1 Å². The maximum Gasteiger partial charge on any atom is 0.159 e. The van der Waals surface area contributed by atoms with Crippen LogP contribution < -0.4 is 5.32 Å². The number of nitrogens with zero attached hydrogens (tertiary/aromatic N) is 2. The lowest BCUT2D eigenvalue weighted by Gasteiger charge is -2.22. The summed E-state index contributed by atoms with van der Waals surface area (Å²) in [6, 6.07) is 3.69. The van der Waals surface area contributed by atoms with Crippen LogP contribution in [0.3, 0.4) is 0 Å². The molecule has 0 saturated carbocycles. The number of fused-ring (bicyclic) bond motifs is 2. The van der Waals surface area contributed by atoms with Crippen LogP contribution in [0.5, 0.6) is 11.5 Å². The van der Waals surface area contributed by atoms with Gasteiger partial charge < -0.3 is 20.4 Å². The smallest absolute Gasteiger partial charge is 0.159 e. The molecule has 1 fully saturated rings. The van der Waals surface area contributed by atoms with Crippen molar-refractivity contribution < 1.29 is 10.2 Å². The van der Waals surface area contributed by atoms with Crippen molar-refractivity contribution in [1.82, 2.24) is 9.88 Å². The highest BCUT2D eigenvalue weighted by Crippen LogP contribution is 2.39. The average molecular weight is 341 g/mol. The fourth-order valence-corrected chi connectivity index (χ4v) is 4.27. The van der Waals surface area contributed by atoms with Crippen LogP contribution in [0.1, 0.15) is 43.9 Å². The van der Waals surface area contributed by atoms with Gasteiger partial charge in [0, 0.05) is 35.4 Å². The average Bonchev–Trinajstić information content (AvgIpc) is 2.94. The van der Waals surface area contributed by atoms with Gasteiger partial charge in [0.2, 0.25) is 0 Å². The zero-order valence-corrected chi connectivity index (χ0v) is 14.9. The number of aromatic hydroxyl groups is 2. The van der Waals surface area contributed by atoms with Crippen molar-refractivity contribution in [2.75, 3.05) is 25.0 Å². The minimum Gasteiger partial charge on any atom is -0.504 e. The molecule has 1 atom stereocenters. The third-order valence-corrected chi connectivity index (χ3v) is 5.72. The molecule has 2 heterocycles. The van der Waals surface area contributed by atoms with Gasteiger partial charge in [-0.3, -0.25) is 4.98 Å². The van der Waals surface area contributed by atoms with E-state index in [2.05, 4.69) is 17.1 Å². The number of hydrogen-bond donors (Lipinski definition) is 3. The monoisotopic (exact) mass is 341 g/mol. The van der Waals surface area contributed by atoms with Crippen molar-refractivity contribution >= 4 is 16.6 Å². The molecule has 1 saturated heterocycles. The standard InChI is InChI=1S/C20H27N3O2/c1-2-23-9-4-5-13(8-10-23)21-20-14-6-3-7-16(14)22-17-12-19(25)18(24)11-15(17)20/h11-13,24-25H,2-10H2,1H3,(H,21,22)/t13-/m0/s1. The first-order valence-corrected chi connectivity index (χ1v) is 9.52. The number of phenols is 2. The molecule has 1 aromatic heterocycles. The number of pyridine rings is 1. The van der Waals surface area contributed by atoms with Gasteiger partial charge in [-0.05, 0) is 63.2 Å². The van der Waals surface area contributed by atoms with E-state index in [1.807, 2.05) is 0 Å². The Morgan fingerprint density at radius 2 is 1.96 bits per heavy atom. The van der Waals surface area contributed by atoms with Crippen LogP contribution in [-0.4, -0.2) is 45.8 Å². The lowest BCUT2D eigenvalue weighted by molar-refractivity contribution is 0.300. The highest BCUT2D eigenvalue weighted by molar-refractivity contribution is 5.96. The van der Waals surface area contributed by atoms with E-state index in [-0.39, 0.29) is 11.5 Å². The van der Waals surface area contributed by atoms with Crippen LogP contribution >= 0.6 is 0 Å². The van der Waals surface area contributed by atoms with E-state index in [0.717, 1.165) is 61.1 Å². The molecule has 0 radical (unpaired) electrons. The number of anilines is 1. The Balaban J connectivity index is 1.71. The number of aryl methyl sites for hydroxylation is 1. The Labute approximate surface area is 148 Å². The van der Waals surface area contributed by atoms with Crippen molar-refractivity contribution in [1.29, 1.82) is 0 Å². The summed E-state index contributed by atoms with van der Waals surface area (Å²) in [6.45, 7) is 5.66. The Hall–Kier alpha value is -2.01. The van der Waals surface area contributed by atoms with E-state index in [0.29, 0.717) is 6.04 Å². The lowest BCUT2D eigenvalue weighted by Crippen LogP contribution is -2.26. The van der Waals surface area contributed by atoms with Gasteiger partial charge in [-0.2, -0.15) is 0 Å². The number of phenolic OH excluding ortho intramolecular Hbond substituents is 2. The summed E-state index contributed by atoms with van der Waals surface area (Å²) in [5.41, 5.74) is 4.34. The van der Waals surface area contributed by atoms with Gasteiger partial charge in [-0.25, -0.2) is 0 Å². The molecule has 5 heteroatoms. The van der Waals surface area contributed by atoms with Gasteiger partial charge in [0.1, 0.15) is 0 Å². The second-order valence-corrected chi connectivity index (χ2v) is 7.33. The quantitative estimate of drug-likeness (QED) is 0.747. The predicted molar refractivity (Wildman–Crippen MR) is 100 cm³/mol. The summed E-state index contributed by atoms with van der Waals surface area (Å²) in [6.07, 6.45) is 6.67. The third kappa shape index (κ3) is 3.13. The Morgan fingerprint density at radius 3 is 2.80 bits per heavy atom. The first-order chi connectivity index (χ1) is 12.2.